The molecule has 1 aliphatic carbocycles. The quantitative estimate of drug-likeness (QED) is 0.720. The van der Waals surface area contributed by atoms with Gasteiger partial charge in [0.05, 0.1) is 6.61 Å². The lowest BCUT2D eigenvalue weighted by atomic mass is 9.95. The highest BCUT2D eigenvalue weighted by Crippen LogP contribution is 2.33. The number of hydrogen-bond donors (Lipinski definition) is 0. The number of rotatable bonds is 2. The highest BCUT2D eigenvalue weighted by Gasteiger charge is 2.29. The van der Waals surface area contributed by atoms with Crippen LogP contribution in [0.25, 0.3) is 0 Å². The second-order valence-electron chi connectivity index (χ2n) is 4.18. The first-order valence-corrected chi connectivity index (χ1v) is 5.81. The van der Waals surface area contributed by atoms with Crippen LogP contribution in [0.3, 0.4) is 0 Å². The van der Waals surface area contributed by atoms with Crippen molar-refractivity contribution in [3.63, 3.8) is 0 Å². The van der Waals surface area contributed by atoms with Crippen molar-refractivity contribution in [1.82, 2.24) is 0 Å². The lowest BCUT2D eigenvalue weighted by Crippen LogP contribution is -2.34. The Morgan fingerprint density at radius 1 is 1.33 bits per heavy atom. The first kappa shape index (κ1) is 9.34. The van der Waals surface area contributed by atoms with E-state index >= 15 is 0 Å². The van der Waals surface area contributed by atoms with Crippen molar-refractivity contribution in [2.45, 2.75) is 30.7 Å². The van der Waals surface area contributed by atoms with Crippen molar-refractivity contribution in [1.29, 1.82) is 0 Å². The van der Waals surface area contributed by atoms with Crippen LogP contribution in [-0.2, 0) is 6.42 Å². The molecule has 1 fully saturated rings. The number of alkyl halides is 1. The van der Waals surface area contributed by atoms with Gasteiger partial charge in [-0.3, -0.25) is 0 Å². The zero-order chi connectivity index (χ0) is 10.3. The third kappa shape index (κ3) is 1.78. The second-order valence-corrected chi connectivity index (χ2v) is 4.79. The molecule has 0 spiro atoms. The van der Waals surface area contributed by atoms with Crippen molar-refractivity contribution in [3.05, 3.63) is 23.8 Å². The molecule has 1 saturated carbocycles. The largest absolute Gasteiger partial charge is 0.493 e. The second kappa shape index (κ2) is 3.60. The Hall–Kier alpha value is -0.890. The molecular weight excluding hydrogens is 212 g/mol. The summed E-state index contributed by atoms with van der Waals surface area (Å²) >= 11 is 5.90. The maximum atomic E-state index is 5.90. The Labute approximate surface area is 94.1 Å². The molecule has 0 amide bonds. The molecule has 15 heavy (non-hydrogen) atoms. The molecule has 0 radical (unpaired) electrons. The van der Waals surface area contributed by atoms with Crippen molar-refractivity contribution < 1.29 is 9.47 Å². The van der Waals surface area contributed by atoms with Gasteiger partial charge in [-0.15, -0.1) is 11.6 Å². The van der Waals surface area contributed by atoms with Crippen LogP contribution >= 0.6 is 11.6 Å². The fourth-order valence-electron chi connectivity index (χ4n) is 2.01. The lowest BCUT2D eigenvalue weighted by Gasteiger charge is -2.31. The summed E-state index contributed by atoms with van der Waals surface area (Å²) in [5.74, 6) is 1.89. The molecule has 1 heterocycles. The van der Waals surface area contributed by atoms with Gasteiger partial charge in [0.1, 0.15) is 17.6 Å². The fraction of sp³-hybridized carbons (Fsp3) is 0.500. The van der Waals surface area contributed by atoms with Crippen LogP contribution < -0.4 is 9.47 Å². The summed E-state index contributed by atoms with van der Waals surface area (Å²) in [6.07, 6.45) is 3.23. The highest BCUT2D eigenvalue weighted by molar-refractivity contribution is 6.21. The van der Waals surface area contributed by atoms with Crippen molar-refractivity contribution in [2.75, 3.05) is 6.61 Å². The van der Waals surface area contributed by atoms with Gasteiger partial charge in [-0.2, -0.15) is 0 Å². The van der Waals surface area contributed by atoms with E-state index < -0.39 is 0 Å². The Morgan fingerprint density at radius 3 is 3.00 bits per heavy atom. The van der Waals surface area contributed by atoms with Gasteiger partial charge in [0.2, 0.25) is 0 Å². The summed E-state index contributed by atoms with van der Waals surface area (Å²) in [7, 11) is 0. The van der Waals surface area contributed by atoms with E-state index in [0.29, 0.717) is 11.5 Å². The zero-order valence-electron chi connectivity index (χ0n) is 8.41. The molecule has 2 nitrogen and oxygen atoms in total. The highest BCUT2D eigenvalue weighted by atomic mass is 35.5. The van der Waals surface area contributed by atoms with E-state index in [2.05, 4.69) is 6.07 Å². The number of hydrogen-bond acceptors (Lipinski definition) is 2. The van der Waals surface area contributed by atoms with E-state index in [-0.39, 0.29) is 0 Å². The van der Waals surface area contributed by atoms with Crippen LogP contribution in [-0.4, -0.2) is 18.1 Å². The molecule has 1 aromatic rings. The van der Waals surface area contributed by atoms with E-state index in [1.54, 1.807) is 0 Å². The summed E-state index contributed by atoms with van der Waals surface area (Å²) in [4.78, 5) is 0. The Balaban J connectivity index is 1.70. The van der Waals surface area contributed by atoms with Gasteiger partial charge >= 0.3 is 0 Å². The van der Waals surface area contributed by atoms with Gasteiger partial charge in [-0.05, 0) is 11.6 Å². The van der Waals surface area contributed by atoms with Gasteiger partial charge in [0.25, 0.3) is 0 Å². The molecule has 2 aliphatic rings. The number of ether oxygens (including phenoxy) is 2. The molecule has 0 aromatic heterocycles. The van der Waals surface area contributed by atoms with E-state index in [4.69, 9.17) is 21.1 Å². The van der Waals surface area contributed by atoms with Gasteiger partial charge in [-0.25, -0.2) is 0 Å². The van der Waals surface area contributed by atoms with E-state index in [0.717, 1.165) is 37.4 Å². The summed E-state index contributed by atoms with van der Waals surface area (Å²) < 4.78 is 11.3. The minimum Gasteiger partial charge on any atom is -0.493 e. The Morgan fingerprint density at radius 2 is 2.20 bits per heavy atom. The maximum absolute atomic E-state index is 5.90. The molecule has 0 N–H and O–H groups in total. The van der Waals surface area contributed by atoms with Crippen molar-refractivity contribution in [2.24, 2.45) is 0 Å². The van der Waals surface area contributed by atoms with Crippen LogP contribution in [0.1, 0.15) is 18.4 Å². The van der Waals surface area contributed by atoms with Gasteiger partial charge in [-0.1, -0.05) is 6.07 Å². The van der Waals surface area contributed by atoms with E-state index in [1.165, 1.54) is 5.56 Å². The molecule has 1 aliphatic heterocycles. The third-order valence-corrected chi connectivity index (χ3v) is 3.36. The van der Waals surface area contributed by atoms with Crippen LogP contribution in [0.4, 0.5) is 0 Å². The number of halogens is 1. The van der Waals surface area contributed by atoms with Gasteiger partial charge in [0.15, 0.2) is 0 Å². The average molecular weight is 225 g/mol. The number of benzene rings is 1. The maximum Gasteiger partial charge on any atom is 0.126 e. The van der Waals surface area contributed by atoms with E-state index in [1.807, 2.05) is 12.1 Å². The van der Waals surface area contributed by atoms with Crippen LogP contribution in [0.5, 0.6) is 11.5 Å². The van der Waals surface area contributed by atoms with E-state index in [9.17, 15) is 0 Å². The van der Waals surface area contributed by atoms with Crippen molar-refractivity contribution >= 4 is 11.6 Å². The predicted octanol–water partition coefficient (Wildman–Crippen LogP) is 2.77. The first-order valence-electron chi connectivity index (χ1n) is 5.38. The van der Waals surface area contributed by atoms with Gasteiger partial charge < -0.3 is 9.47 Å². The first-order chi connectivity index (χ1) is 7.31. The molecule has 0 atom stereocenters. The predicted molar refractivity (Wildman–Crippen MR) is 58.9 cm³/mol. The van der Waals surface area contributed by atoms with Crippen LogP contribution in [0.15, 0.2) is 18.2 Å². The smallest absolute Gasteiger partial charge is 0.126 e. The molecule has 0 unspecified atom stereocenters. The summed E-state index contributed by atoms with van der Waals surface area (Å²) in [6, 6.07) is 6.10. The summed E-state index contributed by atoms with van der Waals surface area (Å²) in [5.41, 5.74) is 1.28. The molecule has 1 aromatic carbocycles. The standard InChI is InChI=1S/C12H13ClO2/c13-9-5-11(6-9)15-10-2-1-8-3-4-14-12(8)7-10/h1-2,7,9,11H,3-6H2. The minimum absolute atomic E-state index is 0.298. The Kier molecular flexibility index (Phi) is 2.24. The molecule has 0 bridgehead atoms. The third-order valence-electron chi connectivity index (χ3n) is 3.01. The van der Waals surface area contributed by atoms with Gasteiger partial charge in [0, 0.05) is 30.7 Å². The topological polar surface area (TPSA) is 18.5 Å². The molecule has 80 valence electrons. The van der Waals surface area contributed by atoms with Crippen molar-refractivity contribution in [3.8, 4) is 11.5 Å². The SMILES string of the molecule is ClC1CC(Oc2ccc3c(c2)OCC3)C1. The lowest BCUT2D eigenvalue weighted by molar-refractivity contribution is 0.124. The summed E-state index contributed by atoms with van der Waals surface area (Å²) in [5, 5.41) is 0.306. The zero-order valence-corrected chi connectivity index (χ0v) is 9.17. The summed E-state index contributed by atoms with van der Waals surface area (Å²) in [6.45, 7) is 0.798. The monoisotopic (exact) mass is 224 g/mol. The molecule has 0 saturated heterocycles. The minimum atomic E-state index is 0.298. The molecule has 3 heteroatoms. The molecular formula is C12H13ClO2. The fourth-order valence-corrected chi connectivity index (χ4v) is 2.41. The van der Waals surface area contributed by atoms with Crippen LogP contribution in [0, 0.1) is 0 Å². The number of fused-ring (bicyclic) bond motifs is 1. The Bertz CT molecular complexity index is 372. The van der Waals surface area contributed by atoms with Crippen LogP contribution in [0.2, 0.25) is 0 Å². The molecule has 3 rings (SSSR count). The normalized spacial score (nSPS) is 27.8. The average Bonchev–Trinajstić information content (AvgIpc) is 2.62.